The zero-order valence-corrected chi connectivity index (χ0v) is 19.7. The van der Waals surface area contributed by atoms with Gasteiger partial charge in [-0.05, 0) is 38.1 Å². The van der Waals surface area contributed by atoms with E-state index >= 15 is 4.39 Å². The van der Waals surface area contributed by atoms with Crippen molar-refractivity contribution < 1.29 is 38.1 Å². The Morgan fingerprint density at radius 3 is 2.27 bits per heavy atom. The van der Waals surface area contributed by atoms with Gasteiger partial charge >= 0.3 is 10.2 Å². The van der Waals surface area contributed by atoms with Gasteiger partial charge in [-0.2, -0.15) is 0 Å². The van der Waals surface area contributed by atoms with Crippen LogP contribution >= 0.6 is 26.2 Å². The summed E-state index contributed by atoms with van der Waals surface area (Å²) in [5.74, 6) is -2.02. The first kappa shape index (κ1) is 25.1. The molecule has 5 nitrogen and oxygen atoms in total. The number of nitrogens with two attached hydrogens (primary N) is 1. The molecule has 0 radical (unpaired) electrons. The maximum absolute atomic E-state index is 15.1. The van der Waals surface area contributed by atoms with E-state index in [2.05, 4.69) is 15.9 Å². The lowest BCUT2D eigenvalue weighted by Crippen LogP contribution is -2.13. The molecule has 0 bridgehead atoms. The number of aromatic nitrogens is 1. The van der Waals surface area contributed by atoms with Crippen LogP contribution in [0.4, 0.5) is 29.6 Å². The highest BCUT2D eigenvalue weighted by atomic mass is 79.9. The van der Waals surface area contributed by atoms with E-state index < -0.39 is 38.8 Å². The summed E-state index contributed by atoms with van der Waals surface area (Å²) in [4.78, 5) is 10.5. The molecule has 182 valence electrons. The number of hydrogen-bond donors (Lipinski definition) is 1. The van der Waals surface area contributed by atoms with Gasteiger partial charge in [0.15, 0.2) is 23.1 Å². The van der Waals surface area contributed by atoms with Gasteiger partial charge in [0.2, 0.25) is 0 Å². The molecule has 2 aromatic carbocycles. The molecule has 33 heavy (non-hydrogen) atoms. The van der Waals surface area contributed by atoms with Crippen LogP contribution in [0, 0.1) is 5.82 Å². The fraction of sp³-hybridized carbons (Fsp3) is 0.250. The van der Waals surface area contributed by atoms with Crippen LogP contribution in [-0.4, -0.2) is 23.6 Å². The Bertz CT molecular complexity index is 1260. The molecule has 0 aliphatic carbocycles. The fourth-order valence-electron chi connectivity index (χ4n) is 3.24. The number of ether oxygens (including phenoxy) is 2. The molecule has 1 aromatic heterocycles. The SMILES string of the molecule is CCOc1cc2cn(CC(=O)c3cc(Br)cc(S(F)(F)(F)(F)F)c3)c(N)c2c(F)c1OCC. The average Bonchev–Trinajstić information content (AvgIpc) is 2.98. The molecule has 3 aromatic rings. The zero-order valence-electron chi connectivity index (χ0n) is 17.3. The van der Waals surface area contributed by atoms with E-state index in [4.69, 9.17) is 15.2 Å². The lowest BCUT2D eigenvalue weighted by molar-refractivity contribution is 0.0972. The van der Waals surface area contributed by atoms with Gasteiger partial charge in [0.25, 0.3) is 0 Å². The quantitative estimate of drug-likeness (QED) is 0.229. The third-order valence-electron chi connectivity index (χ3n) is 4.62. The van der Waals surface area contributed by atoms with Gasteiger partial charge in [-0.25, -0.2) is 4.39 Å². The molecule has 0 saturated carbocycles. The van der Waals surface area contributed by atoms with E-state index in [1.54, 1.807) is 13.8 Å². The van der Waals surface area contributed by atoms with Gasteiger partial charge in [-0.15, -0.1) is 0 Å². The molecule has 2 N–H and O–H groups in total. The molecule has 0 spiro atoms. The Balaban J connectivity index is 2.06. The molecule has 0 aliphatic heterocycles. The molecule has 0 atom stereocenters. The number of rotatable bonds is 8. The number of nitrogen functional groups attached to an aromatic ring is 1. The molecule has 0 amide bonds. The van der Waals surface area contributed by atoms with Crippen molar-refractivity contribution >= 4 is 48.5 Å². The Morgan fingerprint density at radius 2 is 1.70 bits per heavy atom. The number of carbonyl (C=O) groups is 1. The van der Waals surface area contributed by atoms with Gasteiger partial charge in [-0.1, -0.05) is 35.4 Å². The molecule has 0 fully saturated rings. The first-order valence-corrected chi connectivity index (χ1v) is 12.2. The van der Waals surface area contributed by atoms with Gasteiger partial charge in [0.1, 0.15) is 10.7 Å². The number of hydrogen-bond acceptors (Lipinski definition) is 4. The topological polar surface area (TPSA) is 66.5 Å². The van der Waals surface area contributed by atoms with E-state index in [0.717, 1.165) is 10.6 Å². The van der Waals surface area contributed by atoms with Crippen LogP contribution in [-0.2, 0) is 6.54 Å². The molecule has 3 rings (SSSR count). The van der Waals surface area contributed by atoms with Gasteiger partial charge in [0.05, 0.1) is 25.1 Å². The van der Waals surface area contributed by atoms with Crippen molar-refractivity contribution in [3.63, 3.8) is 0 Å². The largest absolute Gasteiger partial charge is 0.490 e. The number of anilines is 1. The van der Waals surface area contributed by atoms with Crippen molar-refractivity contribution in [1.82, 2.24) is 4.57 Å². The summed E-state index contributed by atoms with van der Waals surface area (Å²) in [5.41, 5.74) is 5.38. The normalized spacial score (nSPS) is 14.1. The summed E-state index contributed by atoms with van der Waals surface area (Å²) in [6.07, 6.45) is 1.31. The highest BCUT2D eigenvalue weighted by Crippen LogP contribution is 3.02. The third-order valence-corrected chi connectivity index (χ3v) is 6.20. The second kappa shape index (κ2) is 7.76. The van der Waals surface area contributed by atoms with Crippen molar-refractivity contribution in [2.45, 2.75) is 25.3 Å². The molecule has 0 unspecified atom stereocenters. The summed E-state index contributed by atoms with van der Waals surface area (Å²) in [6.45, 7) is 3.07. The predicted octanol–water partition coefficient (Wildman–Crippen LogP) is 7.46. The number of carbonyl (C=O) groups excluding carboxylic acids is 1. The lowest BCUT2D eigenvalue weighted by atomic mass is 10.1. The summed E-state index contributed by atoms with van der Waals surface area (Å²) in [6, 6.07) is 2.73. The highest BCUT2D eigenvalue weighted by molar-refractivity contribution is 9.10. The first-order valence-electron chi connectivity index (χ1n) is 9.50. The zero-order chi connectivity index (χ0) is 24.8. The minimum atomic E-state index is -10.0. The summed E-state index contributed by atoms with van der Waals surface area (Å²) in [5, 5.41) is 0.184. The summed E-state index contributed by atoms with van der Waals surface area (Å²) >= 11 is 2.73. The van der Waals surface area contributed by atoms with Crippen LogP contribution in [0.25, 0.3) is 10.8 Å². The van der Waals surface area contributed by atoms with Crippen LogP contribution in [0.1, 0.15) is 24.2 Å². The minimum absolute atomic E-state index is 0.0726. The smallest absolute Gasteiger partial charge is 0.310 e. The van der Waals surface area contributed by atoms with Crippen LogP contribution in [0.15, 0.2) is 39.8 Å². The third kappa shape index (κ3) is 5.18. The monoisotopic (exact) mass is 560 g/mol. The van der Waals surface area contributed by atoms with Gasteiger partial charge < -0.3 is 19.8 Å². The van der Waals surface area contributed by atoms with Crippen molar-refractivity contribution in [3.05, 3.63) is 46.3 Å². The molecule has 1 heterocycles. The second-order valence-electron chi connectivity index (χ2n) is 7.06. The number of Topliss-reactive ketones (excluding diaryl/α,β-unsaturated/α-hetero) is 1. The highest BCUT2D eigenvalue weighted by Gasteiger charge is 2.65. The first-order chi connectivity index (χ1) is 15.0. The number of benzene rings is 2. The van der Waals surface area contributed by atoms with Crippen molar-refractivity contribution in [2.75, 3.05) is 18.9 Å². The standard InChI is InChI=1S/C20H19BrF6N2O3S/c1-3-31-16-7-12-9-29(20(28)17(12)18(22)19(16)32-4-2)10-15(30)11-5-13(21)8-14(6-11)33(23,24,25,26)27/h5-9H,3-4,10,28H2,1-2H3. The number of nitrogens with zero attached hydrogens (tertiary/aromatic N) is 1. The van der Waals surface area contributed by atoms with E-state index in [9.17, 15) is 24.2 Å². The van der Waals surface area contributed by atoms with E-state index in [1.165, 1.54) is 12.3 Å². The molecule has 13 heteroatoms. The van der Waals surface area contributed by atoms with Crippen LogP contribution in [0.3, 0.4) is 0 Å². The molecular formula is C20H19BrF6N2O3S. The fourth-order valence-corrected chi connectivity index (χ4v) is 4.58. The van der Waals surface area contributed by atoms with Crippen molar-refractivity contribution in [2.24, 2.45) is 0 Å². The minimum Gasteiger partial charge on any atom is -0.490 e. The number of fused-ring (bicyclic) bond motifs is 1. The maximum atomic E-state index is 15.1. The van der Waals surface area contributed by atoms with Crippen LogP contribution < -0.4 is 15.2 Å². The summed E-state index contributed by atoms with van der Waals surface area (Å²) in [7, 11) is -10.0. The number of ketones is 1. The Morgan fingerprint density at radius 1 is 1.06 bits per heavy atom. The molecule has 0 saturated heterocycles. The van der Waals surface area contributed by atoms with Crippen LogP contribution in [0.2, 0.25) is 0 Å². The van der Waals surface area contributed by atoms with E-state index in [0.29, 0.717) is 0 Å². The van der Waals surface area contributed by atoms with E-state index in [1.807, 2.05) is 0 Å². The summed E-state index contributed by atoms with van der Waals surface area (Å²) < 4.78 is 92.7. The number of halogens is 7. The second-order valence-corrected chi connectivity index (χ2v) is 10.4. The predicted molar refractivity (Wildman–Crippen MR) is 119 cm³/mol. The Kier molecular flexibility index (Phi) is 5.90. The molecular weight excluding hydrogens is 542 g/mol. The maximum Gasteiger partial charge on any atom is 0.310 e. The Hall–Kier alpha value is -2.54. The molecule has 0 aliphatic rings. The Labute approximate surface area is 193 Å². The average molecular weight is 561 g/mol. The van der Waals surface area contributed by atoms with Crippen LogP contribution in [0.5, 0.6) is 11.5 Å². The van der Waals surface area contributed by atoms with Crippen molar-refractivity contribution in [1.29, 1.82) is 0 Å². The lowest BCUT2D eigenvalue weighted by Gasteiger charge is -2.40. The van der Waals surface area contributed by atoms with Gasteiger partial charge in [0, 0.05) is 21.6 Å². The van der Waals surface area contributed by atoms with E-state index in [-0.39, 0.29) is 57.9 Å². The van der Waals surface area contributed by atoms with Crippen molar-refractivity contribution in [3.8, 4) is 11.5 Å². The van der Waals surface area contributed by atoms with Gasteiger partial charge in [-0.3, -0.25) is 4.79 Å².